The van der Waals surface area contributed by atoms with Crippen molar-refractivity contribution >= 4 is 5.97 Å². The third kappa shape index (κ3) is 7.37. The van der Waals surface area contributed by atoms with Crippen molar-refractivity contribution in [2.24, 2.45) is 5.41 Å². The predicted molar refractivity (Wildman–Crippen MR) is 62.8 cm³/mol. The second-order valence-corrected chi connectivity index (χ2v) is 5.04. The molecule has 0 aliphatic carbocycles. The number of unbranched alkanes of at least 4 members (excludes halogenated alkanes) is 1. The molecule has 0 aromatic heterocycles. The minimum absolute atomic E-state index is 0.153. The first-order valence-corrected chi connectivity index (χ1v) is 5.77. The zero-order valence-electron chi connectivity index (χ0n) is 10.7. The zero-order chi connectivity index (χ0) is 11.9. The molecule has 0 spiro atoms. The van der Waals surface area contributed by atoms with Crippen molar-refractivity contribution in [3.63, 3.8) is 0 Å². The number of carbonyl (C=O) groups excluding carboxylic acids is 1. The number of hydrogen-bond donors (Lipinski definition) is 1. The Balaban J connectivity index is 3.62. The van der Waals surface area contributed by atoms with Gasteiger partial charge in [0.05, 0.1) is 13.2 Å². The molecule has 0 aliphatic heterocycles. The van der Waals surface area contributed by atoms with E-state index in [1.165, 1.54) is 0 Å². The summed E-state index contributed by atoms with van der Waals surface area (Å²) in [5.74, 6) is -0.153. The smallest absolute Gasteiger partial charge is 0.319 e. The van der Waals surface area contributed by atoms with Gasteiger partial charge in [-0.2, -0.15) is 0 Å². The van der Waals surface area contributed by atoms with E-state index in [1.54, 1.807) is 0 Å². The zero-order valence-corrected chi connectivity index (χ0v) is 10.7. The predicted octanol–water partition coefficient (Wildman–Crippen LogP) is 2.35. The lowest BCUT2D eigenvalue weighted by atomic mass is 9.88. The first-order valence-electron chi connectivity index (χ1n) is 5.77. The molecule has 90 valence electrons. The molecule has 0 aromatic rings. The van der Waals surface area contributed by atoms with Gasteiger partial charge in [-0.15, -0.1) is 0 Å². The summed E-state index contributed by atoms with van der Waals surface area (Å²) in [5.41, 5.74) is 0.170. The van der Waals surface area contributed by atoms with Gasteiger partial charge in [0.2, 0.25) is 0 Å². The summed E-state index contributed by atoms with van der Waals surface area (Å²) >= 11 is 0. The Labute approximate surface area is 93.6 Å². The molecule has 0 radical (unpaired) electrons. The van der Waals surface area contributed by atoms with Gasteiger partial charge in [0.25, 0.3) is 0 Å². The van der Waals surface area contributed by atoms with Gasteiger partial charge in [0.15, 0.2) is 0 Å². The molecule has 1 N–H and O–H groups in total. The highest BCUT2D eigenvalue weighted by atomic mass is 16.5. The lowest BCUT2D eigenvalue weighted by Gasteiger charge is -2.27. The van der Waals surface area contributed by atoms with Crippen LogP contribution in [0.5, 0.6) is 0 Å². The van der Waals surface area contributed by atoms with Crippen molar-refractivity contribution in [3.8, 4) is 0 Å². The van der Waals surface area contributed by atoms with Gasteiger partial charge in [-0.3, -0.25) is 4.79 Å². The fourth-order valence-electron chi connectivity index (χ4n) is 0.924. The highest BCUT2D eigenvalue weighted by Crippen LogP contribution is 2.17. The van der Waals surface area contributed by atoms with E-state index in [4.69, 9.17) is 4.74 Å². The van der Waals surface area contributed by atoms with Crippen LogP contribution < -0.4 is 5.32 Å². The largest absolute Gasteiger partial charge is 0.465 e. The standard InChI is InChI=1S/C12H25NO2/c1-6-7-8-15-11(14)9-13-10(2)12(3,4)5/h10,13H,6-9H2,1-5H3. The highest BCUT2D eigenvalue weighted by molar-refractivity contribution is 5.71. The molecule has 0 aliphatic rings. The molecular weight excluding hydrogens is 190 g/mol. The third-order valence-corrected chi connectivity index (χ3v) is 2.61. The number of rotatable bonds is 6. The fraction of sp³-hybridized carbons (Fsp3) is 0.917. The molecule has 0 saturated heterocycles. The number of esters is 1. The quantitative estimate of drug-likeness (QED) is 0.546. The lowest BCUT2D eigenvalue weighted by molar-refractivity contribution is -0.142. The van der Waals surface area contributed by atoms with Crippen molar-refractivity contribution in [1.29, 1.82) is 0 Å². The van der Waals surface area contributed by atoms with Crippen molar-refractivity contribution in [1.82, 2.24) is 5.32 Å². The number of carbonyl (C=O) groups is 1. The SMILES string of the molecule is CCCCOC(=O)CNC(C)C(C)(C)C. The van der Waals surface area contributed by atoms with Crippen LogP contribution in [-0.4, -0.2) is 25.2 Å². The van der Waals surface area contributed by atoms with Crippen LogP contribution in [0.25, 0.3) is 0 Å². The Kier molecular flexibility index (Phi) is 6.57. The minimum Gasteiger partial charge on any atom is -0.465 e. The molecule has 1 atom stereocenters. The van der Waals surface area contributed by atoms with Gasteiger partial charge < -0.3 is 10.1 Å². The maximum atomic E-state index is 11.3. The topological polar surface area (TPSA) is 38.3 Å². The van der Waals surface area contributed by atoms with Crippen LogP contribution in [-0.2, 0) is 9.53 Å². The van der Waals surface area contributed by atoms with Crippen LogP contribution in [0.3, 0.4) is 0 Å². The molecule has 0 heterocycles. The van der Waals surface area contributed by atoms with E-state index in [-0.39, 0.29) is 11.4 Å². The molecule has 0 bridgehead atoms. The van der Waals surface area contributed by atoms with E-state index in [0.717, 1.165) is 12.8 Å². The van der Waals surface area contributed by atoms with E-state index >= 15 is 0 Å². The van der Waals surface area contributed by atoms with Crippen LogP contribution in [0, 0.1) is 5.41 Å². The van der Waals surface area contributed by atoms with Crippen molar-refractivity contribution in [2.45, 2.75) is 53.5 Å². The van der Waals surface area contributed by atoms with Crippen molar-refractivity contribution in [2.75, 3.05) is 13.2 Å². The Morgan fingerprint density at radius 2 is 2.00 bits per heavy atom. The molecule has 3 nitrogen and oxygen atoms in total. The van der Waals surface area contributed by atoms with E-state index < -0.39 is 0 Å². The Morgan fingerprint density at radius 1 is 1.40 bits per heavy atom. The van der Waals surface area contributed by atoms with Crippen LogP contribution in [0.2, 0.25) is 0 Å². The lowest BCUT2D eigenvalue weighted by Crippen LogP contribution is -2.40. The van der Waals surface area contributed by atoms with Gasteiger partial charge in [0, 0.05) is 6.04 Å². The third-order valence-electron chi connectivity index (χ3n) is 2.61. The second-order valence-electron chi connectivity index (χ2n) is 5.04. The summed E-state index contributed by atoms with van der Waals surface area (Å²) in [7, 11) is 0. The summed E-state index contributed by atoms with van der Waals surface area (Å²) in [6, 6.07) is 0.302. The monoisotopic (exact) mass is 215 g/mol. The number of hydrogen-bond acceptors (Lipinski definition) is 3. The average molecular weight is 215 g/mol. The summed E-state index contributed by atoms with van der Waals surface area (Å²) in [6.07, 6.45) is 2.00. The molecular formula is C12H25NO2. The normalized spacial score (nSPS) is 13.7. The second kappa shape index (κ2) is 6.83. The van der Waals surface area contributed by atoms with Crippen LogP contribution in [0.4, 0.5) is 0 Å². The first kappa shape index (κ1) is 14.4. The molecule has 0 aromatic carbocycles. The minimum atomic E-state index is -0.153. The van der Waals surface area contributed by atoms with Crippen molar-refractivity contribution < 1.29 is 9.53 Å². The molecule has 0 saturated carbocycles. The Bertz CT molecular complexity index is 185. The van der Waals surface area contributed by atoms with Gasteiger partial charge >= 0.3 is 5.97 Å². The molecule has 15 heavy (non-hydrogen) atoms. The van der Waals surface area contributed by atoms with Gasteiger partial charge in [-0.1, -0.05) is 34.1 Å². The fourth-order valence-corrected chi connectivity index (χ4v) is 0.924. The molecule has 0 amide bonds. The molecule has 0 rings (SSSR count). The molecule has 3 heteroatoms. The summed E-state index contributed by atoms with van der Waals surface area (Å²) in [5, 5.41) is 3.17. The van der Waals surface area contributed by atoms with Gasteiger partial charge in [-0.25, -0.2) is 0 Å². The van der Waals surface area contributed by atoms with Gasteiger partial charge in [-0.05, 0) is 18.8 Å². The first-order chi connectivity index (χ1) is 6.88. The van der Waals surface area contributed by atoms with Crippen LogP contribution in [0.1, 0.15) is 47.5 Å². The van der Waals surface area contributed by atoms with E-state index in [2.05, 4.69) is 39.9 Å². The maximum Gasteiger partial charge on any atom is 0.319 e. The van der Waals surface area contributed by atoms with Crippen LogP contribution in [0.15, 0.2) is 0 Å². The van der Waals surface area contributed by atoms with E-state index in [0.29, 0.717) is 19.2 Å². The van der Waals surface area contributed by atoms with Crippen LogP contribution >= 0.6 is 0 Å². The molecule has 1 unspecified atom stereocenters. The highest BCUT2D eigenvalue weighted by Gasteiger charge is 2.20. The summed E-state index contributed by atoms with van der Waals surface area (Å²) in [6.45, 7) is 11.4. The Morgan fingerprint density at radius 3 is 2.47 bits per heavy atom. The van der Waals surface area contributed by atoms with Crippen molar-refractivity contribution in [3.05, 3.63) is 0 Å². The van der Waals surface area contributed by atoms with E-state index in [1.807, 2.05) is 0 Å². The molecule has 0 fully saturated rings. The average Bonchev–Trinajstić information content (AvgIpc) is 2.13. The Hall–Kier alpha value is -0.570. The summed E-state index contributed by atoms with van der Waals surface area (Å²) in [4.78, 5) is 11.3. The number of nitrogens with one attached hydrogen (secondary N) is 1. The number of ether oxygens (including phenoxy) is 1. The maximum absolute atomic E-state index is 11.3. The van der Waals surface area contributed by atoms with E-state index in [9.17, 15) is 4.79 Å². The van der Waals surface area contributed by atoms with Gasteiger partial charge in [0.1, 0.15) is 0 Å². The summed E-state index contributed by atoms with van der Waals surface area (Å²) < 4.78 is 5.04.